The molecule has 1 aromatic heterocycles. The molecule has 4 aromatic rings. The molecule has 1 heterocycles. The molecule has 1 unspecified atom stereocenters. The number of rotatable bonds is 8. The van der Waals surface area contributed by atoms with Crippen LogP contribution in [-0.2, 0) is 4.79 Å². The summed E-state index contributed by atoms with van der Waals surface area (Å²) in [6, 6.07) is 23.9. The molecule has 9 heteroatoms. The van der Waals surface area contributed by atoms with E-state index in [9.17, 15) is 4.79 Å². The largest absolute Gasteiger partial charge is 0.332 e. The van der Waals surface area contributed by atoms with Crippen molar-refractivity contribution in [3.8, 4) is 11.3 Å². The van der Waals surface area contributed by atoms with Crippen LogP contribution in [0, 0.1) is 6.92 Å². The monoisotopic (exact) mass is 596 g/mol. The molecule has 184 valence electrons. The topological polar surface area (TPSA) is 66.0 Å². The molecule has 3 N–H and O–H groups in total. The van der Waals surface area contributed by atoms with Gasteiger partial charge in [0.1, 0.15) is 0 Å². The lowest BCUT2D eigenvalue weighted by Gasteiger charge is -2.15. The van der Waals surface area contributed by atoms with Gasteiger partial charge in [0, 0.05) is 31.7 Å². The summed E-state index contributed by atoms with van der Waals surface area (Å²) in [6.45, 7) is 4.06. The van der Waals surface area contributed by atoms with Gasteiger partial charge in [0.2, 0.25) is 5.91 Å². The van der Waals surface area contributed by atoms with Crippen molar-refractivity contribution in [1.29, 1.82) is 0 Å². The first-order valence-electron chi connectivity index (χ1n) is 11.3. The predicted octanol–water partition coefficient (Wildman–Crippen LogP) is 8.20. The van der Waals surface area contributed by atoms with E-state index in [4.69, 9.17) is 12.2 Å². The number of thioether (sulfide) groups is 1. The van der Waals surface area contributed by atoms with Crippen LogP contribution in [0.25, 0.3) is 11.3 Å². The van der Waals surface area contributed by atoms with E-state index in [1.54, 1.807) is 0 Å². The van der Waals surface area contributed by atoms with Crippen molar-refractivity contribution in [2.24, 2.45) is 0 Å². The number of hydrogen-bond donors (Lipinski definition) is 3. The molecule has 0 aliphatic heterocycles. The molecular weight excluding hydrogens is 572 g/mol. The highest BCUT2D eigenvalue weighted by Gasteiger charge is 2.20. The minimum atomic E-state index is -0.252. The summed E-state index contributed by atoms with van der Waals surface area (Å²) in [4.78, 5) is 18.6. The molecule has 1 amide bonds. The number of nitrogens with one attached hydrogen (secondary N) is 3. The lowest BCUT2D eigenvalue weighted by molar-refractivity contribution is -0.115. The third-order valence-electron chi connectivity index (χ3n) is 5.22. The first kappa shape index (κ1) is 26.3. The molecule has 0 aliphatic carbocycles. The lowest BCUT2D eigenvalue weighted by atomic mass is 10.2. The van der Waals surface area contributed by atoms with E-state index in [0.29, 0.717) is 16.7 Å². The van der Waals surface area contributed by atoms with Gasteiger partial charge in [-0.2, -0.15) is 0 Å². The maximum Gasteiger partial charge on any atom is 0.239 e. The van der Waals surface area contributed by atoms with Crippen molar-refractivity contribution >= 4 is 78.8 Å². The molecule has 0 spiro atoms. The van der Waals surface area contributed by atoms with Gasteiger partial charge in [0.05, 0.1) is 10.9 Å². The Morgan fingerprint density at radius 2 is 1.75 bits per heavy atom. The summed E-state index contributed by atoms with van der Waals surface area (Å²) < 4.78 is 1.02. The summed E-state index contributed by atoms with van der Waals surface area (Å²) in [5, 5.41) is 12.2. The zero-order chi connectivity index (χ0) is 25.5. The van der Waals surface area contributed by atoms with Gasteiger partial charge in [-0.15, -0.1) is 23.1 Å². The molecule has 5 nitrogen and oxygen atoms in total. The Kier molecular flexibility index (Phi) is 9.14. The van der Waals surface area contributed by atoms with Crippen molar-refractivity contribution in [3.63, 3.8) is 0 Å². The van der Waals surface area contributed by atoms with Crippen LogP contribution in [0.5, 0.6) is 0 Å². The maximum atomic E-state index is 13.0. The Hall–Kier alpha value is -2.72. The van der Waals surface area contributed by atoms with Crippen molar-refractivity contribution in [1.82, 2.24) is 4.98 Å². The number of amides is 1. The van der Waals surface area contributed by atoms with Gasteiger partial charge in [-0.25, -0.2) is 4.98 Å². The van der Waals surface area contributed by atoms with Crippen LogP contribution in [-0.4, -0.2) is 21.3 Å². The zero-order valence-corrected chi connectivity index (χ0v) is 23.8. The highest BCUT2D eigenvalue weighted by molar-refractivity contribution is 9.10. The van der Waals surface area contributed by atoms with Crippen molar-refractivity contribution in [2.75, 3.05) is 16.0 Å². The normalized spacial score (nSPS) is 11.5. The maximum absolute atomic E-state index is 13.0. The Balaban J connectivity index is 1.35. The second kappa shape index (κ2) is 12.5. The summed E-state index contributed by atoms with van der Waals surface area (Å²) in [7, 11) is 0. The number of carbonyl (C=O) groups excluding carboxylic acids is 1. The van der Waals surface area contributed by atoms with Crippen LogP contribution in [0.15, 0.2) is 87.5 Å². The number of benzene rings is 3. The number of aromatic nitrogens is 1. The number of thiazole rings is 1. The van der Waals surface area contributed by atoms with Gasteiger partial charge in [-0.05, 0) is 68.0 Å². The Morgan fingerprint density at radius 3 is 2.47 bits per heavy atom. The molecule has 0 aliphatic rings. The second-order valence-corrected chi connectivity index (χ2v) is 11.5. The predicted molar refractivity (Wildman–Crippen MR) is 161 cm³/mol. The zero-order valence-electron chi connectivity index (χ0n) is 19.7. The van der Waals surface area contributed by atoms with E-state index in [2.05, 4.69) is 36.9 Å². The molecule has 0 saturated carbocycles. The third kappa shape index (κ3) is 7.39. The average Bonchev–Trinajstić information content (AvgIpc) is 3.33. The summed E-state index contributed by atoms with van der Waals surface area (Å²) in [5.41, 5.74) is 4.84. The van der Waals surface area contributed by atoms with Crippen LogP contribution in [0.3, 0.4) is 0 Å². The second-order valence-electron chi connectivity index (χ2n) is 8.02. The third-order valence-corrected chi connectivity index (χ3v) is 8.07. The van der Waals surface area contributed by atoms with Crippen LogP contribution >= 0.6 is 51.2 Å². The summed E-state index contributed by atoms with van der Waals surface area (Å²) >= 11 is 11.9. The minimum Gasteiger partial charge on any atom is -0.332 e. The molecule has 1 atom stereocenters. The Morgan fingerprint density at radius 1 is 1.03 bits per heavy atom. The van der Waals surface area contributed by atoms with Gasteiger partial charge in [-0.3, -0.25) is 4.79 Å². The van der Waals surface area contributed by atoms with Crippen molar-refractivity contribution in [2.45, 2.75) is 30.4 Å². The Bertz CT molecular complexity index is 1340. The first-order chi connectivity index (χ1) is 17.4. The molecule has 0 bridgehead atoms. The fourth-order valence-electron chi connectivity index (χ4n) is 3.33. The molecular formula is C27H25BrN4OS3. The van der Waals surface area contributed by atoms with Gasteiger partial charge in [0.25, 0.3) is 0 Å². The van der Waals surface area contributed by atoms with E-state index >= 15 is 0 Å². The number of halogens is 1. The van der Waals surface area contributed by atoms with E-state index in [0.717, 1.165) is 32.0 Å². The van der Waals surface area contributed by atoms with Gasteiger partial charge >= 0.3 is 0 Å². The molecule has 4 rings (SSSR count). The fraction of sp³-hybridized carbons (Fsp3) is 0.148. The lowest BCUT2D eigenvalue weighted by Crippen LogP contribution is -2.24. The molecule has 0 fully saturated rings. The smallest absolute Gasteiger partial charge is 0.239 e. The average molecular weight is 598 g/mol. The molecule has 0 saturated heterocycles. The van der Waals surface area contributed by atoms with E-state index in [1.807, 2.05) is 92.0 Å². The van der Waals surface area contributed by atoms with Crippen molar-refractivity contribution in [3.05, 3.63) is 88.2 Å². The van der Waals surface area contributed by atoms with Crippen LogP contribution < -0.4 is 16.0 Å². The number of thiocarbonyl (C=S) groups is 1. The highest BCUT2D eigenvalue weighted by Crippen LogP contribution is 2.30. The van der Waals surface area contributed by atoms with Gasteiger partial charge in [-0.1, -0.05) is 58.7 Å². The Labute approximate surface area is 233 Å². The van der Waals surface area contributed by atoms with E-state index in [-0.39, 0.29) is 11.2 Å². The first-order valence-corrected chi connectivity index (χ1v) is 14.3. The van der Waals surface area contributed by atoms with Gasteiger partial charge in [0.15, 0.2) is 10.2 Å². The van der Waals surface area contributed by atoms with Crippen LogP contribution in [0.1, 0.15) is 18.9 Å². The summed E-state index contributed by atoms with van der Waals surface area (Å²) in [6.07, 6.45) is 0.687. The van der Waals surface area contributed by atoms with E-state index < -0.39 is 0 Å². The van der Waals surface area contributed by atoms with Crippen LogP contribution in [0.4, 0.5) is 16.5 Å². The summed E-state index contributed by atoms with van der Waals surface area (Å²) in [5.74, 6) is -0.0610. The number of nitrogens with zero attached hydrogens (tertiary/aromatic N) is 1. The number of aryl methyl sites for hydroxylation is 1. The quantitative estimate of drug-likeness (QED) is 0.141. The van der Waals surface area contributed by atoms with Gasteiger partial charge < -0.3 is 16.0 Å². The SMILES string of the molecule is CCC(Sc1cccc(NC(=S)Nc2ccc(C)cc2)c1)C(=O)Nc1nc(-c2ccc(Br)cc2)cs1. The fourth-order valence-corrected chi connectivity index (χ4v) is 5.57. The number of carbonyl (C=O) groups is 1. The molecule has 3 aromatic carbocycles. The highest BCUT2D eigenvalue weighted by atomic mass is 79.9. The van der Waals surface area contributed by atoms with Crippen LogP contribution in [0.2, 0.25) is 0 Å². The van der Waals surface area contributed by atoms with E-state index in [1.165, 1.54) is 28.7 Å². The van der Waals surface area contributed by atoms with Crippen molar-refractivity contribution < 1.29 is 4.79 Å². The minimum absolute atomic E-state index is 0.0610. The molecule has 36 heavy (non-hydrogen) atoms. The number of anilines is 3. The molecule has 0 radical (unpaired) electrons. The number of hydrogen-bond acceptors (Lipinski definition) is 5. The standard InChI is InChI=1S/C27H25BrN4OS3/c1-3-24(25(33)32-27-31-23(16-35-27)18-9-11-19(28)12-10-18)36-22-6-4-5-21(15-22)30-26(34)29-20-13-7-17(2)8-14-20/h4-16,24H,3H2,1-2H3,(H2,29,30,34)(H,31,32,33).